The molecular weight excluding hydrogens is 292 g/mol. The van der Waals surface area contributed by atoms with Crippen molar-refractivity contribution in [3.05, 3.63) is 23.0 Å². The normalized spacial score (nSPS) is 18.7. The van der Waals surface area contributed by atoms with E-state index < -0.39 is 0 Å². The van der Waals surface area contributed by atoms with Crippen molar-refractivity contribution in [2.24, 2.45) is 11.7 Å². The number of piperidine rings is 1. The number of carbonyl (C=O) groups excluding carboxylic acids is 1. The van der Waals surface area contributed by atoms with Gasteiger partial charge in [-0.3, -0.25) is 14.7 Å². The van der Waals surface area contributed by atoms with Crippen LogP contribution in [0.3, 0.4) is 0 Å². The van der Waals surface area contributed by atoms with E-state index >= 15 is 0 Å². The van der Waals surface area contributed by atoms with E-state index in [1.54, 1.807) is 7.11 Å². The number of aromatic nitrogens is 1. The number of nitrogens with zero attached hydrogens (tertiary/aromatic N) is 2. The van der Waals surface area contributed by atoms with Crippen LogP contribution in [0.4, 0.5) is 0 Å². The van der Waals surface area contributed by atoms with Gasteiger partial charge in [0, 0.05) is 43.5 Å². The minimum absolute atomic E-state index is 0.0444. The lowest BCUT2D eigenvalue weighted by atomic mass is 9.96. The smallest absolute Gasteiger partial charge is 0.224 e. The Hall–Kier alpha value is -1.66. The number of nitrogens with one attached hydrogen (secondary N) is 1. The fraction of sp³-hybridized carbons (Fsp3) is 0.647. The third-order valence-corrected chi connectivity index (χ3v) is 4.44. The Morgan fingerprint density at radius 1 is 1.52 bits per heavy atom. The van der Waals surface area contributed by atoms with Gasteiger partial charge < -0.3 is 15.8 Å². The van der Waals surface area contributed by atoms with Crippen LogP contribution in [-0.4, -0.2) is 49.1 Å². The van der Waals surface area contributed by atoms with Gasteiger partial charge in [-0.15, -0.1) is 0 Å². The van der Waals surface area contributed by atoms with Gasteiger partial charge in [-0.25, -0.2) is 0 Å². The predicted octanol–water partition coefficient (Wildman–Crippen LogP) is 0.994. The first-order chi connectivity index (χ1) is 11.1. The SMILES string of the molecule is COc1c(C)cnc(CN2CCCC(C(=O)NCCN)C2)c1C. The Kier molecular flexibility index (Phi) is 6.36. The standard InChI is InChI=1S/C17H28N4O2/c1-12-9-20-15(13(2)16(12)23-3)11-21-8-4-5-14(10-21)17(22)19-7-6-18/h9,14H,4-8,10-11,18H2,1-3H3,(H,19,22). The van der Waals surface area contributed by atoms with Crippen molar-refractivity contribution >= 4 is 5.91 Å². The molecule has 1 unspecified atom stereocenters. The number of rotatable bonds is 6. The van der Waals surface area contributed by atoms with Crippen molar-refractivity contribution in [1.29, 1.82) is 0 Å². The number of ether oxygens (including phenoxy) is 1. The van der Waals surface area contributed by atoms with Gasteiger partial charge in [0.05, 0.1) is 18.7 Å². The maximum atomic E-state index is 12.1. The fourth-order valence-electron chi connectivity index (χ4n) is 3.20. The second-order valence-electron chi connectivity index (χ2n) is 6.20. The maximum Gasteiger partial charge on any atom is 0.224 e. The van der Waals surface area contributed by atoms with Gasteiger partial charge in [0.2, 0.25) is 5.91 Å². The Labute approximate surface area is 138 Å². The molecule has 1 aromatic heterocycles. The molecule has 1 aliphatic rings. The monoisotopic (exact) mass is 320 g/mol. The molecule has 0 spiro atoms. The van der Waals surface area contributed by atoms with Crippen LogP contribution in [0.1, 0.15) is 29.7 Å². The number of methoxy groups -OCH3 is 1. The Morgan fingerprint density at radius 2 is 2.30 bits per heavy atom. The molecule has 0 radical (unpaired) electrons. The highest BCUT2D eigenvalue weighted by atomic mass is 16.5. The third-order valence-electron chi connectivity index (χ3n) is 4.44. The van der Waals surface area contributed by atoms with Crippen LogP contribution in [0.2, 0.25) is 0 Å². The average molecular weight is 320 g/mol. The number of amides is 1. The van der Waals surface area contributed by atoms with Gasteiger partial charge in [0.25, 0.3) is 0 Å². The Balaban J connectivity index is 2.01. The Bertz CT molecular complexity index is 548. The molecule has 0 saturated carbocycles. The van der Waals surface area contributed by atoms with Gasteiger partial charge in [-0.2, -0.15) is 0 Å². The molecule has 3 N–H and O–H groups in total. The van der Waals surface area contributed by atoms with Crippen LogP contribution in [0.25, 0.3) is 0 Å². The molecular formula is C17H28N4O2. The number of likely N-dealkylation sites (tertiary alicyclic amines) is 1. The predicted molar refractivity (Wildman–Crippen MR) is 90.3 cm³/mol. The second-order valence-corrected chi connectivity index (χ2v) is 6.20. The zero-order valence-electron chi connectivity index (χ0n) is 14.4. The summed E-state index contributed by atoms with van der Waals surface area (Å²) in [5, 5.41) is 2.90. The molecule has 0 bridgehead atoms. The van der Waals surface area contributed by atoms with Crippen LogP contribution in [0.5, 0.6) is 5.75 Å². The summed E-state index contributed by atoms with van der Waals surface area (Å²) in [5.41, 5.74) is 8.60. The molecule has 23 heavy (non-hydrogen) atoms. The topological polar surface area (TPSA) is 80.5 Å². The molecule has 1 amide bonds. The molecule has 1 aliphatic heterocycles. The van der Waals surface area contributed by atoms with E-state index in [-0.39, 0.29) is 11.8 Å². The molecule has 6 nitrogen and oxygen atoms in total. The zero-order valence-corrected chi connectivity index (χ0v) is 14.4. The van der Waals surface area contributed by atoms with Crippen molar-refractivity contribution in [3.8, 4) is 5.75 Å². The van der Waals surface area contributed by atoms with Crippen LogP contribution in [0, 0.1) is 19.8 Å². The van der Waals surface area contributed by atoms with Crippen LogP contribution in [-0.2, 0) is 11.3 Å². The van der Waals surface area contributed by atoms with Crippen molar-refractivity contribution in [1.82, 2.24) is 15.2 Å². The van der Waals surface area contributed by atoms with E-state index in [1.165, 1.54) is 0 Å². The number of hydrogen-bond donors (Lipinski definition) is 2. The molecule has 2 rings (SSSR count). The van der Waals surface area contributed by atoms with E-state index in [4.69, 9.17) is 10.5 Å². The molecule has 6 heteroatoms. The molecule has 1 aromatic rings. The molecule has 1 atom stereocenters. The van der Waals surface area contributed by atoms with Crippen LogP contribution < -0.4 is 15.8 Å². The van der Waals surface area contributed by atoms with Crippen LogP contribution in [0.15, 0.2) is 6.20 Å². The highest BCUT2D eigenvalue weighted by Gasteiger charge is 2.26. The second kappa shape index (κ2) is 8.26. The van der Waals surface area contributed by atoms with Gasteiger partial charge in [-0.05, 0) is 33.2 Å². The molecule has 1 fully saturated rings. The molecule has 1 saturated heterocycles. The summed E-state index contributed by atoms with van der Waals surface area (Å²) in [4.78, 5) is 19.0. The Morgan fingerprint density at radius 3 is 3.00 bits per heavy atom. The minimum atomic E-state index is 0.0444. The maximum absolute atomic E-state index is 12.1. The largest absolute Gasteiger partial charge is 0.496 e. The first-order valence-corrected chi connectivity index (χ1v) is 8.26. The number of pyridine rings is 1. The van der Waals surface area contributed by atoms with Gasteiger partial charge in [0.15, 0.2) is 0 Å². The lowest BCUT2D eigenvalue weighted by Crippen LogP contribution is -2.43. The molecule has 2 heterocycles. The van der Waals surface area contributed by atoms with E-state index in [0.29, 0.717) is 13.1 Å². The van der Waals surface area contributed by atoms with E-state index in [1.807, 2.05) is 20.0 Å². The number of carbonyl (C=O) groups is 1. The summed E-state index contributed by atoms with van der Waals surface area (Å²) in [5.74, 6) is 1.07. The van der Waals surface area contributed by atoms with E-state index in [9.17, 15) is 4.79 Å². The fourth-order valence-corrected chi connectivity index (χ4v) is 3.20. The van der Waals surface area contributed by atoms with Crippen molar-refractivity contribution < 1.29 is 9.53 Å². The first kappa shape index (κ1) is 17.7. The zero-order chi connectivity index (χ0) is 16.8. The molecule has 0 aromatic carbocycles. The van der Waals surface area contributed by atoms with E-state index in [0.717, 1.165) is 55.0 Å². The number of nitrogens with two attached hydrogens (primary N) is 1. The summed E-state index contributed by atoms with van der Waals surface area (Å²) in [6.45, 7) is 7.60. The van der Waals surface area contributed by atoms with Gasteiger partial charge in [0.1, 0.15) is 5.75 Å². The lowest BCUT2D eigenvalue weighted by Gasteiger charge is -2.32. The summed E-state index contributed by atoms with van der Waals surface area (Å²) in [6, 6.07) is 0. The summed E-state index contributed by atoms with van der Waals surface area (Å²) in [6.07, 6.45) is 3.83. The van der Waals surface area contributed by atoms with Crippen molar-refractivity contribution in [2.45, 2.75) is 33.2 Å². The summed E-state index contributed by atoms with van der Waals surface area (Å²) < 4.78 is 5.47. The summed E-state index contributed by atoms with van der Waals surface area (Å²) in [7, 11) is 1.69. The number of hydrogen-bond acceptors (Lipinski definition) is 5. The average Bonchev–Trinajstić information content (AvgIpc) is 2.56. The highest BCUT2D eigenvalue weighted by molar-refractivity contribution is 5.78. The van der Waals surface area contributed by atoms with E-state index in [2.05, 4.69) is 15.2 Å². The van der Waals surface area contributed by atoms with Crippen LogP contribution >= 0.6 is 0 Å². The third kappa shape index (κ3) is 4.42. The number of aryl methyl sites for hydroxylation is 1. The van der Waals surface area contributed by atoms with Crippen molar-refractivity contribution in [3.63, 3.8) is 0 Å². The van der Waals surface area contributed by atoms with Crippen molar-refractivity contribution in [2.75, 3.05) is 33.3 Å². The lowest BCUT2D eigenvalue weighted by molar-refractivity contribution is -0.126. The highest BCUT2D eigenvalue weighted by Crippen LogP contribution is 2.26. The van der Waals surface area contributed by atoms with Gasteiger partial charge in [-0.1, -0.05) is 0 Å². The minimum Gasteiger partial charge on any atom is -0.496 e. The molecule has 0 aliphatic carbocycles. The molecule has 128 valence electrons. The van der Waals surface area contributed by atoms with Gasteiger partial charge >= 0.3 is 0 Å². The quantitative estimate of drug-likeness (QED) is 0.817. The summed E-state index contributed by atoms with van der Waals surface area (Å²) >= 11 is 0. The first-order valence-electron chi connectivity index (χ1n) is 8.26.